The number of benzene rings is 1. The summed E-state index contributed by atoms with van der Waals surface area (Å²) in [5.74, 6) is -0.591. The molecular weight excluding hydrogens is 314 g/mol. The van der Waals surface area contributed by atoms with Crippen LogP contribution in [0.3, 0.4) is 0 Å². The van der Waals surface area contributed by atoms with E-state index in [4.69, 9.17) is 5.73 Å². The van der Waals surface area contributed by atoms with Crippen LogP contribution in [0, 0.1) is 27.9 Å². The summed E-state index contributed by atoms with van der Waals surface area (Å²) in [6.45, 7) is 0. The standard InChI is InChI=1S/C16H19N3O5/c1-24-16(21)10-5-11(7-12(6-10)19(22)23)18-15(20)13-8-2-3-9(4-8)14(13)17/h5-9,13-14H,2-4,17H2,1H3,(H,18,20). The molecule has 3 rings (SSSR count). The first-order chi connectivity index (χ1) is 11.4. The number of anilines is 1. The van der Waals surface area contributed by atoms with Gasteiger partial charge in [0.05, 0.1) is 23.5 Å². The topological polar surface area (TPSA) is 125 Å². The highest BCUT2D eigenvalue weighted by Crippen LogP contribution is 2.48. The molecule has 2 aliphatic carbocycles. The number of carbonyl (C=O) groups is 2. The fraction of sp³-hybridized carbons (Fsp3) is 0.500. The molecule has 0 spiro atoms. The fourth-order valence-electron chi connectivity index (χ4n) is 3.97. The molecule has 4 atom stereocenters. The lowest BCUT2D eigenvalue weighted by Gasteiger charge is -2.27. The number of hydrogen-bond acceptors (Lipinski definition) is 6. The van der Waals surface area contributed by atoms with Crippen molar-refractivity contribution in [2.75, 3.05) is 12.4 Å². The minimum absolute atomic E-state index is 0.0132. The molecule has 1 aromatic carbocycles. The zero-order valence-electron chi connectivity index (χ0n) is 13.2. The summed E-state index contributed by atoms with van der Waals surface area (Å²) in [6.07, 6.45) is 3.00. The minimum atomic E-state index is -0.703. The average Bonchev–Trinajstić information content (AvgIpc) is 3.14. The van der Waals surface area contributed by atoms with Crippen molar-refractivity contribution >= 4 is 23.3 Å². The third kappa shape index (κ3) is 2.84. The summed E-state index contributed by atoms with van der Waals surface area (Å²) in [6, 6.07) is 3.53. The summed E-state index contributed by atoms with van der Waals surface area (Å²) in [5, 5.41) is 13.7. The number of esters is 1. The van der Waals surface area contributed by atoms with Crippen LogP contribution in [0.1, 0.15) is 29.6 Å². The number of fused-ring (bicyclic) bond motifs is 2. The molecule has 0 saturated heterocycles. The van der Waals surface area contributed by atoms with Gasteiger partial charge in [-0.1, -0.05) is 0 Å². The number of nitrogens with one attached hydrogen (secondary N) is 1. The zero-order chi connectivity index (χ0) is 17.4. The van der Waals surface area contributed by atoms with E-state index in [1.54, 1.807) is 0 Å². The molecule has 1 amide bonds. The lowest BCUT2D eigenvalue weighted by atomic mass is 9.84. The van der Waals surface area contributed by atoms with Gasteiger partial charge in [-0.25, -0.2) is 4.79 Å². The second kappa shape index (κ2) is 6.20. The lowest BCUT2D eigenvalue weighted by molar-refractivity contribution is -0.384. The summed E-state index contributed by atoms with van der Waals surface area (Å²) in [5.41, 5.74) is 6.08. The number of amides is 1. The van der Waals surface area contributed by atoms with E-state index in [2.05, 4.69) is 10.1 Å². The van der Waals surface area contributed by atoms with Crippen molar-refractivity contribution in [2.24, 2.45) is 23.5 Å². The Kier molecular flexibility index (Phi) is 4.23. The second-order valence-electron chi connectivity index (χ2n) is 6.44. The lowest BCUT2D eigenvalue weighted by Crippen LogP contribution is -2.42. The summed E-state index contributed by atoms with van der Waals surface area (Å²) in [7, 11) is 1.19. The molecular formula is C16H19N3O5. The molecule has 24 heavy (non-hydrogen) atoms. The van der Waals surface area contributed by atoms with Crippen LogP contribution in [0.15, 0.2) is 18.2 Å². The molecule has 8 heteroatoms. The van der Waals surface area contributed by atoms with Crippen molar-refractivity contribution in [3.8, 4) is 0 Å². The predicted octanol–water partition coefficient (Wildman–Crippen LogP) is 1.69. The van der Waals surface area contributed by atoms with E-state index in [0.29, 0.717) is 5.92 Å². The van der Waals surface area contributed by atoms with Crippen molar-refractivity contribution in [1.29, 1.82) is 0 Å². The molecule has 2 bridgehead atoms. The zero-order valence-corrected chi connectivity index (χ0v) is 13.2. The number of nitrogens with two attached hydrogens (primary N) is 1. The van der Waals surface area contributed by atoms with Crippen LogP contribution in [-0.2, 0) is 9.53 Å². The highest BCUT2D eigenvalue weighted by atomic mass is 16.6. The third-order valence-corrected chi connectivity index (χ3v) is 5.10. The number of carbonyl (C=O) groups excluding carboxylic acids is 2. The van der Waals surface area contributed by atoms with Gasteiger partial charge in [0.2, 0.25) is 5.91 Å². The minimum Gasteiger partial charge on any atom is -0.465 e. The summed E-state index contributed by atoms with van der Waals surface area (Å²) in [4.78, 5) is 34.6. The van der Waals surface area contributed by atoms with E-state index in [1.165, 1.54) is 19.2 Å². The van der Waals surface area contributed by atoms with Gasteiger partial charge >= 0.3 is 5.97 Å². The van der Waals surface area contributed by atoms with Gasteiger partial charge in [0.15, 0.2) is 0 Å². The Morgan fingerprint density at radius 3 is 2.58 bits per heavy atom. The van der Waals surface area contributed by atoms with Crippen LogP contribution in [0.25, 0.3) is 0 Å². The average molecular weight is 333 g/mol. The molecule has 0 aromatic heterocycles. The van der Waals surface area contributed by atoms with Crippen molar-refractivity contribution in [2.45, 2.75) is 25.3 Å². The monoisotopic (exact) mass is 333 g/mol. The smallest absolute Gasteiger partial charge is 0.338 e. The fourth-order valence-corrected chi connectivity index (χ4v) is 3.97. The largest absolute Gasteiger partial charge is 0.465 e. The van der Waals surface area contributed by atoms with Gasteiger partial charge in [0.25, 0.3) is 5.69 Å². The molecule has 4 unspecified atom stereocenters. The number of nitro benzene ring substituents is 1. The molecule has 128 valence electrons. The highest BCUT2D eigenvalue weighted by Gasteiger charge is 2.49. The Hall–Kier alpha value is -2.48. The molecule has 1 aromatic rings. The van der Waals surface area contributed by atoms with Gasteiger partial charge in [0, 0.05) is 23.9 Å². The molecule has 0 radical (unpaired) electrons. The van der Waals surface area contributed by atoms with E-state index in [-0.39, 0.29) is 40.7 Å². The van der Waals surface area contributed by atoms with Gasteiger partial charge in [-0.15, -0.1) is 0 Å². The Morgan fingerprint density at radius 1 is 1.29 bits per heavy atom. The number of nitro groups is 1. The number of rotatable bonds is 4. The summed E-state index contributed by atoms with van der Waals surface area (Å²) >= 11 is 0. The predicted molar refractivity (Wildman–Crippen MR) is 85.4 cm³/mol. The molecule has 3 N–H and O–H groups in total. The van der Waals surface area contributed by atoms with Gasteiger partial charge in [-0.3, -0.25) is 14.9 Å². The first-order valence-electron chi connectivity index (χ1n) is 7.85. The molecule has 2 aliphatic rings. The maximum Gasteiger partial charge on any atom is 0.338 e. The number of hydrogen-bond donors (Lipinski definition) is 2. The van der Waals surface area contributed by atoms with Crippen LogP contribution in [0.4, 0.5) is 11.4 Å². The van der Waals surface area contributed by atoms with Gasteiger partial charge in [-0.2, -0.15) is 0 Å². The Morgan fingerprint density at radius 2 is 2.00 bits per heavy atom. The molecule has 0 heterocycles. The van der Waals surface area contributed by atoms with Crippen molar-refractivity contribution < 1.29 is 19.2 Å². The highest BCUT2D eigenvalue weighted by molar-refractivity contribution is 5.97. The van der Waals surface area contributed by atoms with Crippen LogP contribution in [0.5, 0.6) is 0 Å². The van der Waals surface area contributed by atoms with Gasteiger partial charge in [0.1, 0.15) is 0 Å². The van der Waals surface area contributed by atoms with E-state index < -0.39 is 10.9 Å². The Labute approximate surface area is 138 Å². The Bertz CT molecular complexity index is 703. The molecule has 2 fully saturated rings. The number of methoxy groups -OCH3 is 1. The SMILES string of the molecule is COC(=O)c1cc(NC(=O)C2C3CCC(C3)C2N)cc([N+](=O)[O-])c1. The van der Waals surface area contributed by atoms with E-state index in [9.17, 15) is 19.7 Å². The maximum absolute atomic E-state index is 12.6. The van der Waals surface area contributed by atoms with Crippen LogP contribution in [0.2, 0.25) is 0 Å². The molecule has 0 aliphatic heterocycles. The first-order valence-corrected chi connectivity index (χ1v) is 7.85. The van der Waals surface area contributed by atoms with E-state index in [1.807, 2.05) is 0 Å². The van der Waals surface area contributed by atoms with E-state index in [0.717, 1.165) is 25.3 Å². The Balaban J connectivity index is 1.83. The van der Waals surface area contributed by atoms with Crippen molar-refractivity contribution in [1.82, 2.24) is 0 Å². The second-order valence-corrected chi connectivity index (χ2v) is 6.44. The van der Waals surface area contributed by atoms with Crippen LogP contribution < -0.4 is 11.1 Å². The first kappa shape index (κ1) is 16.4. The van der Waals surface area contributed by atoms with Gasteiger partial charge < -0.3 is 15.8 Å². The normalized spacial score (nSPS) is 27.8. The van der Waals surface area contributed by atoms with Gasteiger partial charge in [-0.05, 0) is 37.2 Å². The number of non-ortho nitro benzene ring substituents is 1. The van der Waals surface area contributed by atoms with E-state index >= 15 is 0 Å². The quantitative estimate of drug-likeness (QED) is 0.491. The number of nitrogens with zero attached hydrogens (tertiary/aromatic N) is 1. The summed E-state index contributed by atoms with van der Waals surface area (Å²) < 4.78 is 4.59. The van der Waals surface area contributed by atoms with Crippen molar-refractivity contribution in [3.63, 3.8) is 0 Å². The maximum atomic E-state index is 12.6. The van der Waals surface area contributed by atoms with Crippen LogP contribution in [-0.4, -0.2) is 30.0 Å². The number of ether oxygens (including phenoxy) is 1. The molecule has 8 nitrogen and oxygen atoms in total. The molecule has 2 saturated carbocycles. The van der Waals surface area contributed by atoms with Crippen molar-refractivity contribution in [3.05, 3.63) is 33.9 Å². The third-order valence-electron chi connectivity index (χ3n) is 5.10. The van der Waals surface area contributed by atoms with Crippen LogP contribution >= 0.6 is 0 Å².